The van der Waals surface area contributed by atoms with Gasteiger partial charge in [-0.1, -0.05) is 72.8 Å². The number of hydrogen-bond acceptors (Lipinski definition) is 2. The largest absolute Gasteiger partial charge is 0.497 e. The summed E-state index contributed by atoms with van der Waals surface area (Å²) in [6.45, 7) is 0. The molecule has 5 aromatic carbocycles. The van der Waals surface area contributed by atoms with Gasteiger partial charge < -0.3 is 14.0 Å². The summed E-state index contributed by atoms with van der Waals surface area (Å²) in [5.41, 5.74) is 8.15. The molecule has 0 aliphatic heterocycles. The number of fused-ring (bicyclic) bond motifs is 3. The fraction of sp³-hybridized carbons (Fsp3) is 0.0909. The molecule has 3 heteroatoms. The summed E-state index contributed by atoms with van der Waals surface area (Å²) in [5, 5.41) is 2.24. The second-order valence-corrected chi connectivity index (χ2v) is 8.87. The van der Waals surface area contributed by atoms with Gasteiger partial charge in [-0.05, 0) is 64.2 Å². The second kappa shape index (κ2) is 8.94. The van der Waals surface area contributed by atoms with E-state index in [1.54, 1.807) is 14.2 Å². The Bertz CT molecular complexity index is 1730. The normalized spacial score (nSPS) is 11.6. The van der Waals surface area contributed by atoms with Gasteiger partial charge in [-0.2, -0.15) is 0 Å². The molecule has 0 saturated carbocycles. The Kier molecular flexibility index (Phi) is 5.17. The van der Waals surface area contributed by atoms with Crippen LogP contribution in [-0.4, -0.2) is 18.8 Å². The highest BCUT2D eigenvalue weighted by atomic mass is 16.5. The minimum absolute atomic E-state index is 0.506. The molecule has 0 N–H and O–H groups in total. The first-order valence-electron chi connectivity index (χ1n) is 12.5. The van der Waals surface area contributed by atoms with Crippen molar-refractivity contribution in [2.75, 3.05) is 14.2 Å². The molecule has 0 saturated heterocycles. The summed E-state index contributed by atoms with van der Waals surface area (Å²) in [4.78, 5) is 0. The van der Waals surface area contributed by atoms with Crippen LogP contribution in [0.3, 0.4) is 0 Å². The predicted octanol–water partition coefficient (Wildman–Crippen LogP) is 8.35. The lowest BCUT2D eigenvalue weighted by molar-refractivity contribution is 0.414. The molecule has 6 rings (SSSR count). The predicted molar refractivity (Wildman–Crippen MR) is 150 cm³/mol. The van der Waals surface area contributed by atoms with Crippen LogP contribution in [0.15, 0.2) is 109 Å². The highest BCUT2D eigenvalue weighted by Gasteiger charge is 2.22. The zero-order valence-corrected chi connectivity index (χ0v) is 20.6. The topological polar surface area (TPSA) is 23.4 Å². The maximum absolute atomic E-state index is 9.69. The minimum Gasteiger partial charge on any atom is -0.497 e. The summed E-state index contributed by atoms with van der Waals surface area (Å²) in [6.07, 6.45) is 0. The number of ether oxygens (including phenoxy) is 2. The zero-order valence-electron chi connectivity index (χ0n) is 21.6. The van der Waals surface area contributed by atoms with E-state index in [4.69, 9.17) is 9.47 Å². The number of aromatic nitrogens is 1. The van der Waals surface area contributed by atoms with Crippen molar-refractivity contribution in [2.24, 2.45) is 7.05 Å². The van der Waals surface area contributed by atoms with Crippen LogP contribution in [0.4, 0.5) is 0 Å². The highest BCUT2D eigenvalue weighted by Crippen LogP contribution is 2.46. The number of benzene rings is 5. The molecular weight excluding hydrogens is 442 g/mol. The molecule has 0 atom stereocenters. The number of hydrogen-bond donors (Lipinski definition) is 0. The molecule has 176 valence electrons. The Labute approximate surface area is 212 Å². The van der Waals surface area contributed by atoms with Gasteiger partial charge in [0.25, 0.3) is 0 Å². The number of nitrogens with zero attached hydrogens (tertiary/aromatic N) is 1. The Morgan fingerprint density at radius 1 is 0.611 bits per heavy atom. The molecule has 0 amide bonds. The maximum Gasteiger partial charge on any atom is 0.118 e. The van der Waals surface area contributed by atoms with Gasteiger partial charge in [-0.3, -0.25) is 0 Å². The lowest BCUT2D eigenvalue weighted by Crippen LogP contribution is -1.95. The molecule has 3 nitrogen and oxygen atoms in total. The first kappa shape index (κ1) is 20.8. The first-order chi connectivity index (χ1) is 18.1. The molecule has 0 spiro atoms. The molecule has 0 aliphatic rings. The van der Waals surface area contributed by atoms with Gasteiger partial charge in [0, 0.05) is 28.9 Å². The van der Waals surface area contributed by atoms with Gasteiger partial charge in [-0.25, -0.2) is 0 Å². The molecule has 0 fully saturated rings. The van der Waals surface area contributed by atoms with E-state index in [0.29, 0.717) is 6.04 Å². The van der Waals surface area contributed by atoms with E-state index >= 15 is 0 Å². The number of rotatable bonds is 5. The van der Waals surface area contributed by atoms with E-state index in [1.807, 2.05) is 54.6 Å². The average Bonchev–Trinajstić information content (AvgIpc) is 3.25. The van der Waals surface area contributed by atoms with Crippen molar-refractivity contribution >= 4 is 21.8 Å². The summed E-state index contributed by atoms with van der Waals surface area (Å²) in [6, 6.07) is 35.4. The van der Waals surface area contributed by atoms with Crippen LogP contribution < -0.4 is 9.47 Å². The third kappa shape index (κ3) is 3.52. The fourth-order valence-electron chi connectivity index (χ4n) is 5.14. The molecule has 0 unspecified atom stereocenters. The maximum atomic E-state index is 9.69. The van der Waals surface area contributed by atoms with Crippen LogP contribution in [0.2, 0.25) is 0 Å². The van der Waals surface area contributed by atoms with Gasteiger partial charge in [-0.15, -0.1) is 0 Å². The van der Waals surface area contributed by atoms with Gasteiger partial charge in [0.2, 0.25) is 0 Å². The third-order valence-electron chi connectivity index (χ3n) is 6.91. The van der Waals surface area contributed by atoms with E-state index in [0.717, 1.165) is 66.7 Å². The Morgan fingerprint density at radius 2 is 1.17 bits per heavy atom. The average molecular weight is 471 g/mol. The summed E-state index contributed by atoms with van der Waals surface area (Å²) >= 11 is 0. The lowest BCUT2D eigenvalue weighted by Gasteiger charge is -2.18. The number of aryl methyl sites for hydroxylation is 1. The smallest absolute Gasteiger partial charge is 0.118 e. The number of para-hydroxylation sites is 1. The minimum atomic E-state index is 0.506. The van der Waals surface area contributed by atoms with Crippen LogP contribution in [0, 0.1) is 0 Å². The molecule has 1 heterocycles. The van der Waals surface area contributed by atoms with Crippen molar-refractivity contribution < 1.29 is 10.8 Å². The van der Waals surface area contributed by atoms with E-state index in [1.165, 1.54) is 0 Å². The standard InChI is InChI=1S/C33H27NO2/c1-34-30-12-8-7-11-27(30)32-29(22-9-5-4-6-10-22)21-28(23-13-17-25(35-2)18-14-23)31(33(32)34)24-15-19-26(36-3)20-16-24/h4-21H,1-3H3/i21D. The van der Waals surface area contributed by atoms with Gasteiger partial charge in [0.15, 0.2) is 0 Å². The summed E-state index contributed by atoms with van der Waals surface area (Å²) in [5.74, 6) is 1.59. The first-order valence-corrected chi connectivity index (χ1v) is 12.0. The van der Waals surface area contributed by atoms with Crippen molar-refractivity contribution in [1.29, 1.82) is 0 Å². The number of methoxy groups -OCH3 is 2. The molecule has 6 aromatic rings. The van der Waals surface area contributed by atoms with Crippen LogP contribution in [0.1, 0.15) is 1.37 Å². The lowest BCUT2D eigenvalue weighted by atomic mass is 9.87. The van der Waals surface area contributed by atoms with Crippen molar-refractivity contribution in [3.8, 4) is 44.9 Å². The molecule has 36 heavy (non-hydrogen) atoms. The molecule has 0 aliphatic carbocycles. The van der Waals surface area contributed by atoms with Crippen molar-refractivity contribution in [3.05, 3.63) is 109 Å². The van der Waals surface area contributed by atoms with Crippen molar-refractivity contribution in [2.45, 2.75) is 0 Å². The third-order valence-corrected chi connectivity index (χ3v) is 6.91. The quantitative estimate of drug-likeness (QED) is 0.253. The van der Waals surface area contributed by atoms with Crippen LogP contribution in [0.5, 0.6) is 11.5 Å². The summed E-state index contributed by atoms with van der Waals surface area (Å²) in [7, 11) is 5.47. The zero-order chi connectivity index (χ0) is 25.5. The van der Waals surface area contributed by atoms with Crippen LogP contribution in [-0.2, 0) is 7.05 Å². The van der Waals surface area contributed by atoms with Gasteiger partial charge >= 0.3 is 0 Å². The second-order valence-electron chi connectivity index (χ2n) is 8.87. The van der Waals surface area contributed by atoms with E-state index < -0.39 is 0 Å². The molecular formula is C33H27NO2. The van der Waals surface area contributed by atoms with Gasteiger partial charge in [0.1, 0.15) is 11.5 Å². The van der Waals surface area contributed by atoms with E-state index in [-0.39, 0.29) is 0 Å². The summed E-state index contributed by atoms with van der Waals surface area (Å²) < 4.78 is 22.8. The molecule has 1 aromatic heterocycles. The Morgan fingerprint density at radius 3 is 1.81 bits per heavy atom. The van der Waals surface area contributed by atoms with Crippen molar-refractivity contribution in [1.82, 2.24) is 4.57 Å². The Hall–Kier alpha value is -4.50. The van der Waals surface area contributed by atoms with Crippen LogP contribution in [0.25, 0.3) is 55.2 Å². The monoisotopic (exact) mass is 470 g/mol. The van der Waals surface area contributed by atoms with Crippen LogP contribution >= 0.6 is 0 Å². The fourth-order valence-corrected chi connectivity index (χ4v) is 5.14. The Balaban J connectivity index is 1.84. The molecule has 0 radical (unpaired) electrons. The van der Waals surface area contributed by atoms with Gasteiger partial charge in [0.05, 0.1) is 21.1 Å². The van der Waals surface area contributed by atoms with Crippen molar-refractivity contribution in [3.63, 3.8) is 0 Å². The highest BCUT2D eigenvalue weighted by molar-refractivity contribution is 6.21. The van der Waals surface area contributed by atoms with E-state index in [2.05, 4.69) is 60.1 Å². The SMILES string of the molecule is [2H]c1c(-c2ccc(OC)cc2)c(-c2ccc(OC)cc2)c2c(c1-c1ccccc1)c1ccccc1n2C. The molecule has 0 bridgehead atoms. The van der Waals surface area contributed by atoms with E-state index in [9.17, 15) is 1.37 Å².